The van der Waals surface area contributed by atoms with Crippen molar-refractivity contribution in [2.45, 2.75) is 19.1 Å². The van der Waals surface area contributed by atoms with Crippen LogP contribution in [-0.2, 0) is 11.3 Å². The second kappa shape index (κ2) is 5.88. The Kier molecular flexibility index (Phi) is 3.58. The van der Waals surface area contributed by atoms with Crippen molar-refractivity contribution in [2.75, 3.05) is 6.61 Å². The molecule has 0 aliphatic carbocycles. The number of rotatable bonds is 4. The highest BCUT2D eigenvalue weighted by Crippen LogP contribution is 2.36. The summed E-state index contributed by atoms with van der Waals surface area (Å²) in [6, 6.07) is 3.38. The van der Waals surface area contributed by atoms with Crippen LogP contribution in [0.25, 0.3) is 11.5 Å². The molecule has 0 aromatic carbocycles. The lowest BCUT2D eigenvalue weighted by Crippen LogP contribution is -2.15. The van der Waals surface area contributed by atoms with Crippen LogP contribution in [0.1, 0.15) is 18.4 Å². The quantitative estimate of drug-likeness (QED) is 0.734. The van der Waals surface area contributed by atoms with Gasteiger partial charge in [0.15, 0.2) is 5.82 Å². The van der Waals surface area contributed by atoms with Gasteiger partial charge >= 0.3 is 0 Å². The Bertz CT molecular complexity index is 789. The zero-order valence-corrected chi connectivity index (χ0v) is 12.2. The molecule has 7 nitrogen and oxygen atoms in total. The molecule has 1 fully saturated rings. The number of hydrogen-bond donors (Lipinski definition) is 0. The molecule has 4 heterocycles. The fourth-order valence-electron chi connectivity index (χ4n) is 2.75. The molecule has 0 N–H and O–H groups in total. The monoisotopic (exact) mass is 315 g/mol. The summed E-state index contributed by atoms with van der Waals surface area (Å²) in [6.07, 6.45) is 6.82. The lowest BCUT2D eigenvalue weighted by atomic mass is 10.0. The SMILES string of the molecule is Fc1cnccc1-c1nnc([C@H]2OCC[C@H]2Cn2cccn2)o1. The summed E-state index contributed by atoms with van der Waals surface area (Å²) in [7, 11) is 0. The molecule has 1 saturated heterocycles. The molecule has 8 heteroatoms. The van der Waals surface area contributed by atoms with Crippen molar-refractivity contribution in [3.63, 3.8) is 0 Å². The number of nitrogens with zero attached hydrogens (tertiary/aromatic N) is 5. The van der Waals surface area contributed by atoms with Crippen LogP contribution >= 0.6 is 0 Å². The molecule has 23 heavy (non-hydrogen) atoms. The summed E-state index contributed by atoms with van der Waals surface area (Å²) >= 11 is 0. The van der Waals surface area contributed by atoms with Gasteiger partial charge in [0.25, 0.3) is 5.89 Å². The van der Waals surface area contributed by atoms with E-state index in [1.165, 1.54) is 12.3 Å². The van der Waals surface area contributed by atoms with Gasteiger partial charge in [0.2, 0.25) is 5.89 Å². The Morgan fingerprint density at radius 3 is 3.09 bits per heavy atom. The normalized spacial score (nSPS) is 20.9. The molecule has 1 aliphatic rings. The maximum absolute atomic E-state index is 13.8. The van der Waals surface area contributed by atoms with E-state index in [1.807, 2.05) is 16.9 Å². The molecule has 1 aliphatic heterocycles. The molecule has 0 radical (unpaired) electrons. The number of halogens is 1. The smallest absolute Gasteiger partial charge is 0.250 e. The predicted molar refractivity (Wildman–Crippen MR) is 76.5 cm³/mol. The van der Waals surface area contributed by atoms with Gasteiger partial charge in [-0.1, -0.05) is 0 Å². The number of hydrogen-bond acceptors (Lipinski definition) is 6. The van der Waals surface area contributed by atoms with E-state index in [2.05, 4.69) is 20.3 Å². The summed E-state index contributed by atoms with van der Waals surface area (Å²) in [4.78, 5) is 3.71. The van der Waals surface area contributed by atoms with Gasteiger partial charge in [-0.05, 0) is 18.6 Å². The molecule has 3 aromatic heterocycles. The molecular weight excluding hydrogens is 301 g/mol. The zero-order chi connectivity index (χ0) is 15.6. The summed E-state index contributed by atoms with van der Waals surface area (Å²) in [5, 5.41) is 12.2. The maximum Gasteiger partial charge on any atom is 0.250 e. The Labute approximate surface area is 131 Å². The first-order valence-corrected chi connectivity index (χ1v) is 7.33. The molecule has 0 saturated carbocycles. The van der Waals surface area contributed by atoms with Crippen LogP contribution in [0.2, 0.25) is 0 Å². The Balaban J connectivity index is 1.57. The third kappa shape index (κ3) is 2.72. The Morgan fingerprint density at radius 1 is 1.30 bits per heavy atom. The summed E-state index contributed by atoms with van der Waals surface area (Å²) in [5.74, 6) is 0.188. The maximum atomic E-state index is 13.8. The lowest BCUT2D eigenvalue weighted by molar-refractivity contribution is 0.0633. The molecular formula is C15H14FN5O2. The number of aromatic nitrogens is 5. The van der Waals surface area contributed by atoms with Gasteiger partial charge in [-0.2, -0.15) is 5.10 Å². The van der Waals surface area contributed by atoms with E-state index in [4.69, 9.17) is 9.15 Å². The van der Waals surface area contributed by atoms with Gasteiger partial charge in [-0.15, -0.1) is 10.2 Å². The summed E-state index contributed by atoms with van der Waals surface area (Å²) in [5.41, 5.74) is 0.236. The van der Waals surface area contributed by atoms with Crippen molar-refractivity contribution in [2.24, 2.45) is 5.92 Å². The summed E-state index contributed by atoms with van der Waals surface area (Å²) < 4.78 is 27.0. The van der Waals surface area contributed by atoms with Gasteiger partial charge in [-0.3, -0.25) is 9.67 Å². The van der Waals surface area contributed by atoms with Crippen molar-refractivity contribution in [3.8, 4) is 11.5 Å². The van der Waals surface area contributed by atoms with Crippen LogP contribution in [-0.4, -0.2) is 31.6 Å². The second-order valence-electron chi connectivity index (χ2n) is 5.37. The highest BCUT2D eigenvalue weighted by molar-refractivity contribution is 5.52. The van der Waals surface area contributed by atoms with E-state index in [-0.39, 0.29) is 23.5 Å². The van der Waals surface area contributed by atoms with E-state index in [0.29, 0.717) is 19.0 Å². The molecule has 3 aromatic rings. The number of pyridine rings is 1. The lowest BCUT2D eigenvalue weighted by Gasteiger charge is -2.14. The molecule has 2 atom stereocenters. The van der Waals surface area contributed by atoms with Gasteiger partial charge in [0.1, 0.15) is 6.10 Å². The summed E-state index contributed by atoms with van der Waals surface area (Å²) in [6.45, 7) is 1.33. The first-order valence-electron chi connectivity index (χ1n) is 7.33. The van der Waals surface area contributed by atoms with E-state index in [0.717, 1.165) is 12.6 Å². The van der Waals surface area contributed by atoms with Crippen molar-refractivity contribution in [3.05, 3.63) is 48.6 Å². The first-order chi connectivity index (χ1) is 11.3. The minimum Gasteiger partial charge on any atom is -0.418 e. The number of ether oxygens (including phenoxy) is 1. The van der Waals surface area contributed by atoms with Crippen molar-refractivity contribution in [1.82, 2.24) is 25.0 Å². The van der Waals surface area contributed by atoms with Gasteiger partial charge in [0, 0.05) is 37.7 Å². The van der Waals surface area contributed by atoms with Crippen molar-refractivity contribution in [1.29, 1.82) is 0 Å². The van der Waals surface area contributed by atoms with Crippen LogP contribution in [0.15, 0.2) is 41.3 Å². The Hall–Kier alpha value is -2.61. The first kappa shape index (κ1) is 14.0. The van der Waals surface area contributed by atoms with E-state index < -0.39 is 5.82 Å². The Morgan fingerprint density at radius 2 is 2.26 bits per heavy atom. The minimum absolute atomic E-state index is 0.133. The van der Waals surface area contributed by atoms with Crippen molar-refractivity contribution >= 4 is 0 Å². The predicted octanol–water partition coefficient (Wildman–Crippen LogP) is 2.25. The topological polar surface area (TPSA) is 78.9 Å². The van der Waals surface area contributed by atoms with Crippen LogP contribution in [0.4, 0.5) is 4.39 Å². The third-order valence-electron chi connectivity index (χ3n) is 3.88. The molecule has 118 valence electrons. The van der Waals surface area contributed by atoms with Crippen molar-refractivity contribution < 1.29 is 13.5 Å². The fourth-order valence-corrected chi connectivity index (χ4v) is 2.75. The third-order valence-corrected chi connectivity index (χ3v) is 3.88. The van der Waals surface area contributed by atoms with E-state index >= 15 is 0 Å². The largest absolute Gasteiger partial charge is 0.418 e. The van der Waals surface area contributed by atoms with Gasteiger partial charge in [-0.25, -0.2) is 4.39 Å². The standard InChI is InChI=1S/C15H14FN5O2/c16-12-8-17-5-2-11(12)14-19-20-15(23-14)13-10(3-7-22-13)9-21-6-1-4-18-21/h1-2,4-6,8,10,13H,3,7,9H2/t10-,13-/m0/s1. The van der Waals surface area contributed by atoms with E-state index in [1.54, 1.807) is 6.20 Å². The van der Waals surface area contributed by atoms with Crippen LogP contribution in [0.3, 0.4) is 0 Å². The molecule has 0 amide bonds. The average molecular weight is 315 g/mol. The highest BCUT2D eigenvalue weighted by atomic mass is 19.1. The molecule has 0 unspecified atom stereocenters. The second-order valence-corrected chi connectivity index (χ2v) is 5.37. The van der Waals surface area contributed by atoms with E-state index in [9.17, 15) is 4.39 Å². The molecule has 0 spiro atoms. The van der Waals surface area contributed by atoms with Crippen LogP contribution in [0.5, 0.6) is 0 Å². The fraction of sp³-hybridized carbons (Fsp3) is 0.333. The average Bonchev–Trinajstić information content (AvgIpc) is 3.28. The van der Waals surface area contributed by atoms with Gasteiger partial charge in [0.05, 0.1) is 11.8 Å². The highest BCUT2D eigenvalue weighted by Gasteiger charge is 2.34. The zero-order valence-electron chi connectivity index (χ0n) is 12.2. The molecule has 0 bridgehead atoms. The van der Waals surface area contributed by atoms with Crippen LogP contribution in [0, 0.1) is 11.7 Å². The molecule has 4 rings (SSSR count). The van der Waals surface area contributed by atoms with Crippen LogP contribution < -0.4 is 0 Å². The van der Waals surface area contributed by atoms with Gasteiger partial charge < -0.3 is 9.15 Å². The minimum atomic E-state index is -0.497.